The second-order valence-corrected chi connectivity index (χ2v) is 4.81. The fourth-order valence-electron chi connectivity index (χ4n) is 2.53. The quantitative estimate of drug-likeness (QED) is 0.862. The van der Waals surface area contributed by atoms with E-state index in [4.69, 9.17) is 4.74 Å². The summed E-state index contributed by atoms with van der Waals surface area (Å²) in [7, 11) is 1.72. The van der Waals surface area contributed by atoms with Gasteiger partial charge in [0, 0.05) is 0 Å². The van der Waals surface area contributed by atoms with Crippen molar-refractivity contribution in [3.63, 3.8) is 0 Å². The van der Waals surface area contributed by atoms with Crippen LogP contribution < -0.4 is 10.1 Å². The molecule has 2 heteroatoms. The van der Waals surface area contributed by atoms with Crippen molar-refractivity contribution in [2.75, 3.05) is 12.4 Å². The lowest BCUT2D eigenvalue weighted by atomic mass is 10.0. The average molecular weight is 239 g/mol. The van der Waals surface area contributed by atoms with E-state index in [0.717, 1.165) is 17.9 Å². The minimum absolute atomic E-state index is 0.358. The van der Waals surface area contributed by atoms with Crippen LogP contribution in [0.1, 0.15) is 22.7 Å². The summed E-state index contributed by atoms with van der Waals surface area (Å²) >= 11 is 0. The number of para-hydroxylation sites is 1. The molecule has 1 aliphatic rings. The largest absolute Gasteiger partial charge is 0.495 e. The van der Waals surface area contributed by atoms with Crippen molar-refractivity contribution in [1.82, 2.24) is 0 Å². The van der Waals surface area contributed by atoms with E-state index in [1.807, 2.05) is 6.07 Å². The molecule has 0 aliphatic carbocycles. The van der Waals surface area contributed by atoms with Crippen LogP contribution in [0.15, 0.2) is 42.5 Å². The smallest absolute Gasteiger partial charge is 0.142 e. The maximum atomic E-state index is 5.40. The minimum atomic E-state index is 0.358. The molecule has 0 saturated carbocycles. The van der Waals surface area contributed by atoms with Crippen molar-refractivity contribution in [3.8, 4) is 5.75 Å². The summed E-state index contributed by atoms with van der Waals surface area (Å²) < 4.78 is 5.40. The number of ether oxygens (including phenoxy) is 1. The normalized spacial score (nSPS) is 17.1. The molecule has 2 aromatic carbocycles. The Balaban J connectivity index is 1.91. The van der Waals surface area contributed by atoms with Gasteiger partial charge in [0.05, 0.1) is 18.8 Å². The van der Waals surface area contributed by atoms with Gasteiger partial charge in [0.15, 0.2) is 0 Å². The Hall–Kier alpha value is -1.96. The van der Waals surface area contributed by atoms with Crippen molar-refractivity contribution in [1.29, 1.82) is 0 Å². The number of aryl methyl sites for hydroxylation is 1. The lowest BCUT2D eigenvalue weighted by Gasteiger charge is -2.13. The number of benzene rings is 2. The summed E-state index contributed by atoms with van der Waals surface area (Å²) in [4.78, 5) is 0. The Bertz CT molecular complexity index is 560. The first-order chi connectivity index (χ1) is 8.78. The molecular formula is C16H17NO. The van der Waals surface area contributed by atoms with Crippen LogP contribution in [0.3, 0.4) is 0 Å². The average Bonchev–Trinajstić information content (AvgIpc) is 2.83. The number of hydrogen-bond acceptors (Lipinski definition) is 2. The van der Waals surface area contributed by atoms with Crippen LogP contribution in [0, 0.1) is 6.92 Å². The van der Waals surface area contributed by atoms with Gasteiger partial charge in [-0.15, -0.1) is 0 Å². The molecule has 2 aromatic rings. The number of rotatable bonds is 2. The number of anilines is 1. The van der Waals surface area contributed by atoms with E-state index in [-0.39, 0.29) is 0 Å². The van der Waals surface area contributed by atoms with Crippen molar-refractivity contribution in [2.45, 2.75) is 19.4 Å². The summed E-state index contributed by atoms with van der Waals surface area (Å²) in [5.41, 5.74) is 5.11. The van der Waals surface area contributed by atoms with Crippen LogP contribution in [0.2, 0.25) is 0 Å². The predicted octanol–water partition coefficient (Wildman–Crippen LogP) is 3.71. The molecule has 0 radical (unpaired) electrons. The van der Waals surface area contributed by atoms with Gasteiger partial charge in [0.1, 0.15) is 5.75 Å². The van der Waals surface area contributed by atoms with Crippen LogP contribution in [-0.4, -0.2) is 7.11 Å². The standard InChI is InChI=1S/C16H17NO/c1-11-6-8-12(9-7-11)14-10-13-4-3-5-15(18-2)16(13)17-14/h3-9,14,17H,10H2,1-2H3. The number of methoxy groups -OCH3 is 1. The molecule has 1 heterocycles. The van der Waals surface area contributed by atoms with Gasteiger partial charge in [0.25, 0.3) is 0 Å². The van der Waals surface area contributed by atoms with Crippen LogP contribution in [0.25, 0.3) is 0 Å². The molecule has 92 valence electrons. The highest BCUT2D eigenvalue weighted by Gasteiger charge is 2.24. The second-order valence-electron chi connectivity index (χ2n) is 4.81. The van der Waals surface area contributed by atoms with Crippen LogP contribution in [0.5, 0.6) is 5.75 Å². The third-order valence-electron chi connectivity index (χ3n) is 3.55. The molecule has 1 atom stereocenters. The highest BCUT2D eigenvalue weighted by Crippen LogP contribution is 2.39. The number of fused-ring (bicyclic) bond motifs is 1. The number of hydrogen-bond donors (Lipinski definition) is 1. The molecule has 3 rings (SSSR count). The van der Waals surface area contributed by atoms with Crippen LogP contribution in [-0.2, 0) is 6.42 Å². The zero-order valence-corrected chi connectivity index (χ0v) is 10.7. The SMILES string of the molecule is COc1cccc2c1NC(c1ccc(C)cc1)C2. The molecule has 1 N–H and O–H groups in total. The number of nitrogens with one attached hydrogen (secondary N) is 1. The maximum absolute atomic E-state index is 5.40. The zero-order valence-electron chi connectivity index (χ0n) is 10.7. The van der Waals surface area contributed by atoms with E-state index in [9.17, 15) is 0 Å². The lowest BCUT2D eigenvalue weighted by Crippen LogP contribution is -2.05. The first-order valence-electron chi connectivity index (χ1n) is 6.27. The lowest BCUT2D eigenvalue weighted by molar-refractivity contribution is 0.416. The molecule has 0 saturated heterocycles. The van der Waals surface area contributed by atoms with Gasteiger partial charge in [-0.1, -0.05) is 42.0 Å². The Labute approximate surface area is 108 Å². The van der Waals surface area contributed by atoms with Gasteiger partial charge in [-0.2, -0.15) is 0 Å². The van der Waals surface area contributed by atoms with Gasteiger partial charge in [0.2, 0.25) is 0 Å². The molecule has 1 unspecified atom stereocenters. The Morgan fingerprint density at radius 3 is 2.61 bits per heavy atom. The van der Waals surface area contributed by atoms with Crippen molar-refractivity contribution < 1.29 is 4.74 Å². The van der Waals surface area contributed by atoms with Gasteiger partial charge in [-0.05, 0) is 30.5 Å². The van der Waals surface area contributed by atoms with Crippen molar-refractivity contribution in [3.05, 3.63) is 59.2 Å². The third-order valence-corrected chi connectivity index (χ3v) is 3.55. The topological polar surface area (TPSA) is 21.3 Å². The minimum Gasteiger partial charge on any atom is -0.495 e. The molecule has 18 heavy (non-hydrogen) atoms. The third kappa shape index (κ3) is 1.84. The van der Waals surface area contributed by atoms with E-state index in [2.05, 4.69) is 48.6 Å². The fourth-order valence-corrected chi connectivity index (χ4v) is 2.53. The Morgan fingerprint density at radius 2 is 1.89 bits per heavy atom. The molecule has 2 nitrogen and oxygen atoms in total. The summed E-state index contributed by atoms with van der Waals surface area (Å²) in [5, 5.41) is 3.56. The van der Waals surface area contributed by atoms with E-state index in [0.29, 0.717) is 6.04 Å². The highest BCUT2D eigenvalue weighted by molar-refractivity contribution is 5.66. The molecule has 0 aromatic heterocycles. The van der Waals surface area contributed by atoms with Crippen LogP contribution >= 0.6 is 0 Å². The fraction of sp³-hybridized carbons (Fsp3) is 0.250. The van der Waals surface area contributed by atoms with Gasteiger partial charge < -0.3 is 10.1 Å². The molecule has 0 bridgehead atoms. The highest BCUT2D eigenvalue weighted by atomic mass is 16.5. The molecule has 0 spiro atoms. The summed E-state index contributed by atoms with van der Waals surface area (Å²) in [6.07, 6.45) is 1.02. The Kier molecular flexibility index (Phi) is 2.71. The molecular weight excluding hydrogens is 222 g/mol. The van der Waals surface area contributed by atoms with E-state index in [1.165, 1.54) is 16.7 Å². The summed E-state index contributed by atoms with van der Waals surface area (Å²) in [6.45, 7) is 2.11. The van der Waals surface area contributed by atoms with E-state index >= 15 is 0 Å². The second kappa shape index (κ2) is 4.37. The molecule has 1 aliphatic heterocycles. The molecule has 0 amide bonds. The van der Waals surface area contributed by atoms with Gasteiger partial charge >= 0.3 is 0 Å². The zero-order chi connectivity index (χ0) is 12.5. The van der Waals surface area contributed by atoms with E-state index < -0.39 is 0 Å². The van der Waals surface area contributed by atoms with E-state index in [1.54, 1.807) is 7.11 Å². The maximum Gasteiger partial charge on any atom is 0.142 e. The first kappa shape index (κ1) is 11.1. The van der Waals surface area contributed by atoms with Crippen molar-refractivity contribution in [2.24, 2.45) is 0 Å². The van der Waals surface area contributed by atoms with Crippen LogP contribution in [0.4, 0.5) is 5.69 Å². The summed E-state index contributed by atoms with van der Waals surface area (Å²) in [6, 6.07) is 15.3. The van der Waals surface area contributed by atoms with Gasteiger partial charge in [-0.25, -0.2) is 0 Å². The Morgan fingerprint density at radius 1 is 1.11 bits per heavy atom. The predicted molar refractivity (Wildman–Crippen MR) is 74.2 cm³/mol. The van der Waals surface area contributed by atoms with Gasteiger partial charge in [-0.3, -0.25) is 0 Å². The monoisotopic (exact) mass is 239 g/mol. The summed E-state index contributed by atoms with van der Waals surface area (Å²) in [5.74, 6) is 0.933. The first-order valence-corrected chi connectivity index (χ1v) is 6.27. The molecule has 0 fully saturated rings. The van der Waals surface area contributed by atoms with Crippen molar-refractivity contribution >= 4 is 5.69 Å².